The summed E-state index contributed by atoms with van der Waals surface area (Å²) in [6, 6.07) is 9.96. The van der Waals surface area contributed by atoms with Crippen molar-refractivity contribution in [2.24, 2.45) is 0 Å². The summed E-state index contributed by atoms with van der Waals surface area (Å²) in [5.41, 5.74) is 2.12. The number of halogens is 1. The summed E-state index contributed by atoms with van der Waals surface area (Å²) in [6.45, 7) is 0.512. The quantitative estimate of drug-likeness (QED) is 0.872. The van der Waals surface area contributed by atoms with Crippen LogP contribution in [-0.2, 0) is 17.8 Å². The highest BCUT2D eigenvalue weighted by molar-refractivity contribution is 9.10. The molecule has 2 rings (SSSR count). The predicted molar refractivity (Wildman–Crippen MR) is 77.1 cm³/mol. The molecule has 0 fully saturated rings. The van der Waals surface area contributed by atoms with E-state index in [4.69, 9.17) is 17.0 Å². The van der Waals surface area contributed by atoms with Gasteiger partial charge in [-0.2, -0.15) is 0 Å². The average molecular weight is 325 g/mol. The van der Waals surface area contributed by atoms with Crippen LogP contribution < -0.4 is 0 Å². The van der Waals surface area contributed by atoms with Gasteiger partial charge in [0.25, 0.3) is 0 Å². The van der Waals surface area contributed by atoms with Crippen LogP contribution in [-0.4, -0.2) is 17.1 Å². The fraction of sp³-hybridized carbons (Fsp3) is 0.231. The van der Waals surface area contributed by atoms with Gasteiger partial charge in [0, 0.05) is 23.7 Å². The van der Waals surface area contributed by atoms with Gasteiger partial charge in [0.1, 0.15) is 10.5 Å². The van der Waals surface area contributed by atoms with E-state index < -0.39 is 0 Å². The molecule has 0 bridgehead atoms. The summed E-state index contributed by atoms with van der Waals surface area (Å²) < 4.78 is 6.74. The molecule has 0 aliphatic rings. The summed E-state index contributed by atoms with van der Waals surface area (Å²) in [5.74, 6) is 0.854. The number of nitrogens with zero attached hydrogens (tertiary/aromatic N) is 1. The van der Waals surface area contributed by atoms with E-state index in [2.05, 4.69) is 38.0 Å². The van der Waals surface area contributed by atoms with E-state index in [1.807, 2.05) is 18.2 Å². The zero-order valence-electron chi connectivity index (χ0n) is 9.94. The SMILES string of the molecule is COCc1cc(=S)nc(Cc2cccc(Br)c2)[nH]1. The number of methoxy groups -OCH3 is 1. The van der Waals surface area contributed by atoms with Gasteiger partial charge in [-0.1, -0.05) is 40.3 Å². The van der Waals surface area contributed by atoms with Crippen LogP contribution in [0.3, 0.4) is 0 Å². The van der Waals surface area contributed by atoms with Crippen LogP contribution in [0.2, 0.25) is 0 Å². The molecule has 0 saturated carbocycles. The summed E-state index contributed by atoms with van der Waals surface area (Å²) in [7, 11) is 1.66. The van der Waals surface area contributed by atoms with Gasteiger partial charge in [0.15, 0.2) is 0 Å². The smallest absolute Gasteiger partial charge is 0.130 e. The highest BCUT2D eigenvalue weighted by Gasteiger charge is 2.01. The third-order valence-electron chi connectivity index (χ3n) is 2.41. The van der Waals surface area contributed by atoms with E-state index in [0.29, 0.717) is 11.2 Å². The molecule has 3 nitrogen and oxygen atoms in total. The molecule has 0 radical (unpaired) electrons. The first-order valence-corrected chi connectivity index (χ1v) is 6.70. The first-order chi connectivity index (χ1) is 8.67. The van der Waals surface area contributed by atoms with Crippen LogP contribution in [0.15, 0.2) is 34.8 Å². The van der Waals surface area contributed by atoms with Crippen molar-refractivity contribution in [3.05, 3.63) is 56.5 Å². The lowest BCUT2D eigenvalue weighted by atomic mass is 10.1. The fourth-order valence-corrected chi connectivity index (χ4v) is 2.42. The van der Waals surface area contributed by atoms with Crippen LogP contribution in [0.4, 0.5) is 0 Å². The first kappa shape index (κ1) is 13.4. The standard InChI is InChI=1S/C13H13BrN2OS/c1-17-8-11-7-13(18)16-12(15-11)6-9-3-2-4-10(14)5-9/h2-5,7H,6,8H2,1H3,(H,15,16,18). The van der Waals surface area contributed by atoms with Gasteiger partial charge in [-0.25, -0.2) is 4.98 Å². The second kappa shape index (κ2) is 6.22. The molecule has 1 aromatic carbocycles. The highest BCUT2D eigenvalue weighted by Crippen LogP contribution is 2.14. The summed E-state index contributed by atoms with van der Waals surface area (Å²) in [4.78, 5) is 7.57. The zero-order chi connectivity index (χ0) is 13.0. The van der Waals surface area contributed by atoms with Crippen molar-refractivity contribution in [2.75, 3.05) is 7.11 Å². The van der Waals surface area contributed by atoms with E-state index >= 15 is 0 Å². The topological polar surface area (TPSA) is 37.9 Å². The van der Waals surface area contributed by atoms with Crippen LogP contribution in [0.25, 0.3) is 0 Å². The van der Waals surface area contributed by atoms with E-state index in [0.717, 1.165) is 22.4 Å². The second-order valence-electron chi connectivity index (χ2n) is 3.93. The van der Waals surface area contributed by atoms with Crippen LogP contribution in [0.5, 0.6) is 0 Å². The van der Waals surface area contributed by atoms with Gasteiger partial charge >= 0.3 is 0 Å². The Labute approximate surface area is 119 Å². The number of H-pyrrole nitrogens is 1. The molecule has 0 aliphatic heterocycles. The van der Waals surface area contributed by atoms with E-state index in [9.17, 15) is 0 Å². The van der Waals surface area contributed by atoms with Crippen molar-refractivity contribution >= 4 is 28.1 Å². The van der Waals surface area contributed by atoms with Gasteiger partial charge in [-0.3, -0.25) is 0 Å². The van der Waals surface area contributed by atoms with Crippen molar-refractivity contribution in [3.63, 3.8) is 0 Å². The Morgan fingerprint density at radius 1 is 1.39 bits per heavy atom. The van der Waals surface area contributed by atoms with E-state index in [-0.39, 0.29) is 0 Å². The van der Waals surface area contributed by atoms with Crippen molar-refractivity contribution in [3.8, 4) is 0 Å². The number of ether oxygens (including phenoxy) is 1. The van der Waals surface area contributed by atoms with Gasteiger partial charge in [0.2, 0.25) is 0 Å². The molecule has 0 aliphatic carbocycles. The minimum absolute atomic E-state index is 0.512. The van der Waals surface area contributed by atoms with Gasteiger partial charge in [0.05, 0.1) is 6.61 Å². The molecular formula is C13H13BrN2OS. The maximum Gasteiger partial charge on any atom is 0.130 e. The van der Waals surface area contributed by atoms with Crippen molar-refractivity contribution in [1.82, 2.24) is 9.97 Å². The molecule has 0 spiro atoms. The van der Waals surface area contributed by atoms with E-state index in [1.165, 1.54) is 5.56 Å². The molecule has 0 unspecified atom stereocenters. The van der Waals surface area contributed by atoms with Gasteiger partial charge < -0.3 is 9.72 Å². The number of benzene rings is 1. The van der Waals surface area contributed by atoms with Crippen LogP contribution in [0.1, 0.15) is 17.1 Å². The molecule has 5 heteroatoms. The lowest BCUT2D eigenvalue weighted by Gasteiger charge is -2.05. The fourth-order valence-electron chi connectivity index (χ4n) is 1.72. The average Bonchev–Trinajstić information content (AvgIpc) is 2.28. The molecular weight excluding hydrogens is 312 g/mol. The predicted octanol–water partition coefficient (Wildman–Crippen LogP) is 3.64. The largest absolute Gasteiger partial charge is 0.378 e. The molecule has 94 valence electrons. The Morgan fingerprint density at radius 3 is 2.94 bits per heavy atom. The van der Waals surface area contributed by atoms with Crippen LogP contribution >= 0.6 is 28.1 Å². The maximum atomic E-state index is 5.15. The molecule has 1 N–H and O–H groups in total. The Hall–Kier alpha value is -1.04. The second-order valence-corrected chi connectivity index (χ2v) is 5.26. The zero-order valence-corrected chi connectivity index (χ0v) is 12.3. The lowest BCUT2D eigenvalue weighted by Crippen LogP contribution is -2.01. The third kappa shape index (κ3) is 3.73. The Kier molecular flexibility index (Phi) is 4.63. The van der Waals surface area contributed by atoms with Gasteiger partial charge in [-0.15, -0.1) is 0 Å². The monoisotopic (exact) mass is 324 g/mol. The number of rotatable bonds is 4. The molecule has 18 heavy (non-hydrogen) atoms. The minimum Gasteiger partial charge on any atom is -0.378 e. The van der Waals surface area contributed by atoms with Crippen molar-refractivity contribution < 1.29 is 4.74 Å². The Morgan fingerprint density at radius 2 is 2.22 bits per heavy atom. The maximum absolute atomic E-state index is 5.15. The number of aromatic amines is 1. The molecule has 0 saturated heterocycles. The molecule has 1 aromatic heterocycles. The summed E-state index contributed by atoms with van der Waals surface area (Å²) >= 11 is 8.61. The van der Waals surface area contributed by atoms with Gasteiger partial charge in [-0.05, 0) is 23.8 Å². The molecule has 0 atom stereocenters. The first-order valence-electron chi connectivity index (χ1n) is 5.50. The lowest BCUT2D eigenvalue weighted by molar-refractivity contribution is 0.181. The van der Waals surface area contributed by atoms with Crippen LogP contribution in [0, 0.1) is 4.64 Å². The summed E-state index contributed by atoms with van der Waals surface area (Å²) in [6.07, 6.45) is 0.723. The number of nitrogens with one attached hydrogen (secondary N) is 1. The molecule has 2 aromatic rings. The number of aromatic nitrogens is 2. The highest BCUT2D eigenvalue weighted by atomic mass is 79.9. The molecule has 1 heterocycles. The van der Waals surface area contributed by atoms with E-state index in [1.54, 1.807) is 7.11 Å². The Balaban J connectivity index is 2.26. The van der Waals surface area contributed by atoms with Crippen molar-refractivity contribution in [2.45, 2.75) is 13.0 Å². The minimum atomic E-state index is 0.512. The number of hydrogen-bond donors (Lipinski definition) is 1. The normalized spacial score (nSPS) is 10.6. The number of hydrogen-bond acceptors (Lipinski definition) is 3. The summed E-state index contributed by atoms with van der Waals surface area (Å²) in [5, 5.41) is 0. The Bertz CT molecular complexity index is 598. The molecule has 0 amide bonds. The van der Waals surface area contributed by atoms with Crippen molar-refractivity contribution in [1.29, 1.82) is 0 Å². The third-order valence-corrected chi connectivity index (χ3v) is 3.11.